The van der Waals surface area contributed by atoms with E-state index in [1.54, 1.807) is 0 Å². The molecule has 1 heterocycles. The fraction of sp³-hybridized carbons (Fsp3) is 0.400. The topological polar surface area (TPSA) is 35.2 Å². The van der Waals surface area contributed by atoms with Crippen LogP contribution in [0.15, 0.2) is 12.1 Å². The molecular weight excluding hydrogens is 186 g/mol. The molecule has 70 valence electrons. The maximum absolute atomic E-state index is 5.98. The summed E-state index contributed by atoms with van der Waals surface area (Å²) in [6.07, 6.45) is 0.969. The van der Waals surface area contributed by atoms with Crippen LogP contribution in [0.4, 0.5) is 0 Å². The molecule has 0 radical (unpaired) electrons. The van der Waals surface area contributed by atoms with Gasteiger partial charge in [-0.2, -0.15) is 0 Å². The zero-order chi connectivity index (χ0) is 9.42. The quantitative estimate of drug-likeness (QED) is 0.750. The minimum Gasteiger partial charge on any atom is -0.490 e. The molecular formula is C10H12ClNO. The molecule has 0 amide bonds. The Bertz CT molecular complexity index is 338. The normalized spacial score (nSPS) is 19.8. The number of halogens is 1. The van der Waals surface area contributed by atoms with Crippen molar-refractivity contribution in [2.45, 2.75) is 19.4 Å². The summed E-state index contributed by atoms with van der Waals surface area (Å²) in [5, 5.41) is 0.667. The lowest BCUT2D eigenvalue weighted by atomic mass is 10.0. The van der Waals surface area contributed by atoms with Gasteiger partial charge in [0.15, 0.2) is 0 Å². The van der Waals surface area contributed by atoms with Crippen molar-refractivity contribution < 1.29 is 4.74 Å². The van der Waals surface area contributed by atoms with Crippen LogP contribution in [0.2, 0.25) is 5.02 Å². The Balaban J connectivity index is 2.60. The number of fused-ring (bicyclic) bond motifs is 1. The molecule has 1 aromatic carbocycles. The number of nitrogens with two attached hydrogens (primary N) is 1. The molecule has 1 aromatic rings. The molecule has 0 bridgehead atoms. The number of ether oxygens (including phenoxy) is 1. The Kier molecular flexibility index (Phi) is 2.18. The van der Waals surface area contributed by atoms with Gasteiger partial charge < -0.3 is 10.5 Å². The van der Waals surface area contributed by atoms with Gasteiger partial charge in [-0.15, -0.1) is 0 Å². The average Bonchev–Trinajstić information content (AvgIpc) is 2.51. The predicted octanol–water partition coefficient (Wildman–Crippen LogP) is 2.29. The van der Waals surface area contributed by atoms with Crippen molar-refractivity contribution in [1.82, 2.24) is 0 Å². The van der Waals surface area contributed by atoms with Gasteiger partial charge in [0.25, 0.3) is 0 Å². The highest BCUT2D eigenvalue weighted by atomic mass is 35.5. The Morgan fingerprint density at radius 3 is 3.08 bits per heavy atom. The fourth-order valence-corrected chi connectivity index (χ4v) is 1.95. The first-order chi connectivity index (χ1) is 6.24. The molecule has 1 aliphatic heterocycles. The van der Waals surface area contributed by atoms with E-state index in [9.17, 15) is 0 Å². The summed E-state index contributed by atoms with van der Waals surface area (Å²) in [5.41, 5.74) is 8.24. The number of hydrogen-bond donors (Lipinski definition) is 1. The molecule has 1 aliphatic rings. The summed E-state index contributed by atoms with van der Waals surface area (Å²) in [4.78, 5) is 0. The van der Waals surface area contributed by atoms with Crippen LogP contribution in [-0.2, 0) is 6.42 Å². The van der Waals surface area contributed by atoms with E-state index in [2.05, 4.69) is 6.92 Å². The third kappa shape index (κ3) is 1.30. The first-order valence-corrected chi connectivity index (χ1v) is 4.81. The number of benzene rings is 1. The van der Waals surface area contributed by atoms with E-state index in [1.807, 2.05) is 12.1 Å². The van der Waals surface area contributed by atoms with E-state index in [1.165, 1.54) is 5.56 Å². The molecule has 13 heavy (non-hydrogen) atoms. The highest BCUT2D eigenvalue weighted by Gasteiger charge is 2.25. The number of hydrogen-bond acceptors (Lipinski definition) is 2. The van der Waals surface area contributed by atoms with Gasteiger partial charge in [-0.3, -0.25) is 0 Å². The van der Waals surface area contributed by atoms with Crippen LogP contribution in [0.5, 0.6) is 5.75 Å². The van der Waals surface area contributed by atoms with Crippen LogP contribution in [0.1, 0.15) is 24.1 Å². The molecule has 2 rings (SSSR count). The van der Waals surface area contributed by atoms with E-state index >= 15 is 0 Å². The van der Waals surface area contributed by atoms with Gasteiger partial charge in [0.05, 0.1) is 11.1 Å². The van der Waals surface area contributed by atoms with Crippen LogP contribution in [0.25, 0.3) is 0 Å². The van der Waals surface area contributed by atoms with Crippen LogP contribution in [-0.4, -0.2) is 6.61 Å². The molecule has 0 aromatic heterocycles. The van der Waals surface area contributed by atoms with E-state index in [4.69, 9.17) is 22.1 Å². The summed E-state index contributed by atoms with van der Waals surface area (Å²) >= 11 is 5.98. The van der Waals surface area contributed by atoms with Gasteiger partial charge in [-0.05, 0) is 18.1 Å². The highest BCUT2D eigenvalue weighted by Crippen LogP contribution is 2.39. The van der Waals surface area contributed by atoms with E-state index in [0.29, 0.717) is 11.6 Å². The molecule has 1 atom stereocenters. The van der Waals surface area contributed by atoms with Crippen LogP contribution >= 0.6 is 11.6 Å². The first-order valence-electron chi connectivity index (χ1n) is 4.43. The third-order valence-corrected chi connectivity index (χ3v) is 2.69. The van der Waals surface area contributed by atoms with Crippen molar-refractivity contribution >= 4 is 11.6 Å². The Hall–Kier alpha value is -0.730. The van der Waals surface area contributed by atoms with Crippen molar-refractivity contribution in [3.05, 3.63) is 28.3 Å². The molecule has 0 aliphatic carbocycles. The van der Waals surface area contributed by atoms with E-state index < -0.39 is 0 Å². The summed E-state index contributed by atoms with van der Waals surface area (Å²) in [6, 6.07) is 3.89. The Morgan fingerprint density at radius 1 is 1.62 bits per heavy atom. The number of aryl methyl sites for hydroxylation is 1. The van der Waals surface area contributed by atoms with Crippen molar-refractivity contribution in [1.29, 1.82) is 0 Å². The summed E-state index contributed by atoms with van der Waals surface area (Å²) < 4.78 is 5.43. The molecule has 0 saturated heterocycles. The second-order valence-corrected chi connectivity index (χ2v) is 3.63. The highest BCUT2D eigenvalue weighted by molar-refractivity contribution is 6.32. The minimum atomic E-state index is -0.0105. The summed E-state index contributed by atoms with van der Waals surface area (Å²) in [5.74, 6) is 0.786. The maximum Gasteiger partial charge on any atom is 0.143 e. The molecule has 0 fully saturated rings. The Morgan fingerprint density at radius 2 is 2.38 bits per heavy atom. The fourth-order valence-electron chi connectivity index (χ4n) is 1.73. The van der Waals surface area contributed by atoms with E-state index in [0.717, 1.165) is 17.7 Å². The smallest absolute Gasteiger partial charge is 0.143 e. The average molecular weight is 198 g/mol. The zero-order valence-electron chi connectivity index (χ0n) is 7.51. The predicted molar refractivity (Wildman–Crippen MR) is 53.3 cm³/mol. The largest absolute Gasteiger partial charge is 0.490 e. The van der Waals surface area contributed by atoms with Gasteiger partial charge in [-0.25, -0.2) is 0 Å². The van der Waals surface area contributed by atoms with Crippen LogP contribution in [0, 0.1) is 0 Å². The lowest BCUT2D eigenvalue weighted by Gasteiger charge is -2.08. The summed E-state index contributed by atoms with van der Waals surface area (Å²) in [7, 11) is 0. The van der Waals surface area contributed by atoms with Crippen LogP contribution < -0.4 is 10.5 Å². The Labute approximate surface area is 82.6 Å². The minimum absolute atomic E-state index is 0.0105. The van der Waals surface area contributed by atoms with Gasteiger partial charge in [-0.1, -0.05) is 24.6 Å². The third-order valence-electron chi connectivity index (χ3n) is 2.40. The molecule has 0 spiro atoms. The van der Waals surface area contributed by atoms with Gasteiger partial charge in [0.2, 0.25) is 0 Å². The summed E-state index contributed by atoms with van der Waals surface area (Å²) in [6.45, 7) is 2.65. The zero-order valence-corrected chi connectivity index (χ0v) is 8.27. The first kappa shape index (κ1) is 8.85. The molecule has 0 unspecified atom stereocenters. The van der Waals surface area contributed by atoms with Gasteiger partial charge in [0.1, 0.15) is 12.4 Å². The van der Waals surface area contributed by atoms with Crippen molar-refractivity contribution in [2.75, 3.05) is 6.61 Å². The number of rotatable bonds is 1. The van der Waals surface area contributed by atoms with Crippen LogP contribution in [0.3, 0.4) is 0 Å². The van der Waals surface area contributed by atoms with Crippen molar-refractivity contribution in [3.8, 4) is 5.75 Å². The van der Waals surface area contributed by atoms with Gasteiger partial charge in [0, 0.05) is 5.56 Å². The van der Waals surface area contributed by atoms with E-state index in [-0.39, 0.29) is 6.04 Å². The lowest BCUT2D eigenvalue weighted by Crippen LogP contribution is -2.12. The molecule has 2 nitrogen and oxygen atoms in total. The SMILES string of the molecule is CCc1ccc(Cl)c2c1[C@H](N)CO2. The van der Waals surface area contributed by atoms with Gasteiger partial charge >= 0.3 is 0 Å². The van der Waals surface area contributed by atoms with Crippen molar-refractivity contribution in [3.63, 3.8) is 0 Å². The van der Waals surface area contributed by atoms with Crippen molar-refractivity contribution in [2.24, 2.45) is 5.73 Å². The lowest BCUT2D eigenvalue weighted by molar-refractivity contribution is 0.333. The second kappa shape index (κ2) is 3.20. The molecule has 0 saturated carbocycles. The monoisotopic (exact) mass is 197 g/mol. The second-order valence-electron chi connectivity index (χ2n) is 3.22. The molecule has 3 heteroatoms. The standard InChI is InChI=1S/C10H12ClNO/c1-2-6-3-4-7(11)10-9(6)8(12)5-13-10/h3-4,8H,2,5,12H2,1H3/t8-/m1/s1. The molecule has 2 N–H and O–H groups in total. The maximum atomic E-state index is 5.98.